The van der Waals surface area contributed by atoms with Gasteiger partial charge in [0.1, 0.15) is 11.9 Å². The van der Waals surface area contributed by atoms with Crippen molar-refractivity contribution in [3.05, 3.63) is 36.0 Å². The van der Waals surface area contributed by atoms with Crippen LogP contribution in [0.2, 0.25) is 0 Å². The van der Waals surface area contributed by atoms with E-state index in [0.29, 0.717) is 5.76 Å². The van der Waals surface area contributed by atoms with Gasteiger partial charge in [0.05, 0.1) is 0 Å². The van der Waals surface area contributed by atoms with Crippen LogP contribution in [0.15, 0.2) is 34.9 Å². The molecule has 3 rings (SSSR count). The van der Waals surface area contributed by atoms with Crippen LogP contribution in [0.4, 0.5) is 0 Å². The maximum Gasteiger partial charge on any atom is 0.358 e. The molecule has 0 amide bonds. The van der Waals surface area contributed by atoms with Crippen LogP contribution in [0.5, 0.6) is 5.75 Å². The Balaban J connectivity index is 1.76. The minimum atomic E-state index is -1.10. The van der Waals surface area contributed by atoms with Gasteiger partial charge in [0.2, 0.25) is 0 Å². The summed E-state index contributed by atoms with van der Waals surface area (Å²) in [5.41, 5.74) is 0.665. The van der Waals surface area contributed by atoms with Gasteiger partial charge < -0.3 is 14.4 Å². The molecule has 1 fully saturated rings. The average molecular weight is 305 g/mol. The Morgan fingerprint density at radius 2 is 2.14 bits per heavy atom. The van der Waals surface area contributed by atoms with Crippen LogP contribution in [0, 0.1) is 0 Å². The van der Waals surface area contributed by atoms with Crippen molar-refractivity contribution in [1.29, 1.82) is 0 Å². The Kier molecular flexibility index (Phi) is 4.15. The number of hydrogen-bond donors (Lipinski definition) is 1. The first-order chi connectivity index (χ1) is 10.2. The van der Waals surface area contributed by atoms with Crippen molar-refractivity contribution in [2.75, 3.05) is 11.5 Å². The molecule has 0 aliphatic carbocycles. The fraction of sp³-hybridized carbons (Fsp3) is 0.333. The molecule has 0 bridgehead atoms. The van der Waals surface area contributed by atoms with Crippen molar-refractivity contribution in [3.8, 4) is 17.1 Å². The molecule has 1 saturated heterocycles. The van der Waals surface area contributed by atoms with E-state index in [1.165, 1.54) is 6.07 Å². The SMILES string of the molecule is O=C(O)c1cc(-c2cccc(OC3CCSCC3)c2)on1. The lowest BCUT2D eigenvalue weighted by Crippen LogP contribution is -2.21. The molecule has 1 aliphatic heterocycles. The molecule has 1 N–H and O–H groups in total. The topological polar surface area (TPSA) is 72.6 Å². The standard InChI is InChI=1S/C15H15NO4S/c17-15(18)13-9-14(20-16-13)10-2-1-3-12(8-10)19-11-4-6-21-7-5-11/h1-3,8-9,11H,4-7H2,(H,17,18). The van der Waals surface area contributed by atoms with E-state index in [0.717, 1.165) is 35.7 Å². The van der Waals surface area contributed by atoms with Gasteiger partial charge in [-0.1, -0.05) is 17.3 Å². The van der Waals surface area contributed by atoms with Crippen LogP contribution in [-0.4, -0.2) is 33.8 Å². The molecule has 2 heterocycles. The summed E-state index contributed by atoms with van der Waals surface area (Å²) in [5.74, 6) is 2.37. The third-order valence-corrected chi connectivity index (χ3v) is 4.37. The molecule has 21 heavy (non-hydrogen) atoms. The van der Waals surface area contributed by atoms with E-state index in [9.17, 15) is 4.79 Å². The van der Waals surface area contributed by atoms with Gasteiger partial charge in [-0.2, -0.15) is 11.8 Å². The van der Waals surface area contributed by atoms with Crippen molar-refractivity contribution < 1.29 is 19.2 Å². The lowest BCUT2D eigenvalue weighted by atomic mass is 10.1. The normalized spacial score (nSPS) is 15.8. The van der Waals surface area contributed by atoms with Crippen LogP contribution in [0.1, 0.15) is 23.3 Å². The molecule has 1 aliphatic rings. The van der Waals surface area contributed by atoms with Gasteiger partial charge >= 0.3 is 5.97 Å². The number of carboxylic acid groups (broad SMARTS) is 1. The molecule has 0 spiro atoms. The van der Waals surface area contributed by atoms with Gasteiger partial charge in [-0.3, -0.25) is 0 Å². The Morgan fingerprint density at radius 3 is 2.86 bits per heavy atom. The fourth-order valence-electron chi connectivity index (χ4n) is 2.22. The molecular formula is C15H15NO4S. The first kappa shape index (κ1) is 14.0. The van der Waals surface area contributed by atoms with Crippen LogP contribution < -0.4 is 4.74 Å². The molecule has 0 atom stereocenters. The Labute approximate surface area is 126 Å². The second-order valence-corrected chi connectivity index (χ2v) is 6.06. The zero-order valence-corrected chi connectivity index (χ0v) is 12.1. The molecule has 2 aromatic rings. The highest BCUT2D eigenvalue weighted by atomic mass is 32.2. The Morgan fingerprint density at radius 1 is 1.33 bits per heavy atom. The number of ether oxygens (including phenoxy) is 1. The number of thioether (sulfide) groups is 1. The molecule has 5 nitrogen and oxygen atoms in total. The number of aromatic nitrogens is 1. The third-order valence-electron chi connectivity index (χ3n) is 3.32. The molecule has 6 heteroatoms. The molecule has 0 unspecified atom stereocenters. The second kappa shape index (κ2) is 6.22. The van der Waals surface area contributed by atoms with Gasteiger partial charge in [0, 0.05) is 11.6 Å². The zero-order valence-electron chi connectivity index (χ0n) is 11.3. The van der Waals surface area contributed by atoms with Crippen molar-refractivity contribution in [2.24, 2.45) is 0 Å². The number of nitrogens with zero attached hydrogens (tertiary/aromatic N) is 1. The summed E-state index contributed by atoms with van der Waals surface area (Å²) in [4.78, 5) is 10.8. The fourth-order valence-corrected chi connectivity index (χ4v) is 3.28. The van der Waals surface area contributed by atoms with Gasteiger partial charge in [-0.05, 0) is 36.5 Å². The predicted molar refractivity (Wildman–Crippen MR) is 79.9 cm³/mol. The number of aromatic carboxylic acids is 1. The van der Waals surface area contributed by atoms with Crippen molar-refractivity contribution in [2.45, 2.75) is 18.9 Å². The number of carboxylic acids is 1. The van der Waals surface area contributed by atoms with E-state index in [4.69, 9.17) is 14.4 Å². The minimum Gasteiger partial charge on any atom is -0.490 e. The van der Waals surface area contributed by atoms with Gasteiger partial charge in [-0.15, -0.1) is 0 Å². The third kappa shape index (κ3) is 3.39. The smallest absolute Gasteiger partial charge is 0.358 e. The van der Waals surface area contributed by atoms with E-state index < -0.39 is 5.97 Å². The van der Waals surface area contributed by atoms with E-state index in [1.54, 1.807) is 0 Å². The summed E-state index contributed by atoms with van der Waals surface area (Å²) in [7, 11) is 0. The maximum atomic E-state index is 10.8. The first-order valence-corrected chi connectivity index (χ1v) is 7.93. The van der Waals surface area contributed by atoms with Gasteiger partial charge in [0.15, 0.2) is 11.5 Å². The van der Waals surface area contributed by atoms with Crippen LogP contribution in [0.25, 0.3) is 11.3 Å². The summed E-state index contributed by atoms with van der Waals surface area (Å²) in [6, 6.07) is 8.88. The summed E-state index contributed by atoms with van der Waals surface area (Å²) in [5, 5.41) is 12.4. The zero-order chi connectivity index (χ0) is 14.7. The monoisotopic (exact) mass is 305 g/mol. The van der Waals surface area contributed by atoms with Crippen molar-refractivity contribution >= 4 is 17.7 Å². The molecular weight excluding hydrogens is 290 g/mol. The molecule has 0 saturated carbocycles. The van der Waals surface area contributed by atoms with Gasteiger partial charge in [0.25, 0.3) is 0 Å². The Bertz CT molecular complexity index is 634. The lowest BCUT2D eigenvalue weighted by molar-refractivity contribution is 0.0686. The lowest BCUT2D eigenvalue weighted by Gasteiger charge is -2.22. The minimum absolute atomic E-state index is 0.0966. The quantitative estimate of drug-likeness (QED) is 0.934. The van der Waals surface area contributed by atoms with E-state index in [1.807, 2.05) is 36.0 Å². The van der Waals surface area contributed by atoms with Crippen LogP contribution >= 0.6 is 11.8 Å². The summed E-state index contributed by atoms with van der Waals surface area (Å²) in [6.07, 6.45) is 2.37. The molecule has 1 aromatic carbocycles. The van der Waals surface area contributed by atoms with Crippen LogP contribution in [0.3, 0.4) is 0 Å². The molecule has 0 radical (unpaired) electrons. The van der Waals surface area contributed by atoms with E-state index >= 15 is 0 Å². The predicted octanol–water partition coefficient (Wildman–Crippen LogP) is 3.31. The first-order valence-electron chi connectivity index (χ1n) is 6.77. The van der Waals surface area contributed by atoms with E-state index in [2.05, 4.69) is 5.16 Å². The molecule has 1 aromatic heterocycles. The van der Waals surface area contributed by atoms with Gasteiger partial charge in [-0.25, -0.2) is 4.79 Å². The maximum absolute atomic E-state index is 10.8. The highest BCUT2D eigenvalue weighted by Crippen LogP contribution is 2.27. The number of hydrogen-bond acceptors (Lipinski definition) is 5. The largest absolute Gasteiger partial charge is 0.490 e. The number of benzene rings is 1. The summed E-state index contributed by atoms with van der Waals surface area (Å²) >= 11 is 1.96. The second-order valence-electron chi connectivity index (χ2n) is 4.84. The number of carbonyl (C=O) groups is 1. The summed E-state index contributed by atoms with van der Waals surface area (Å²) < 4.78 is 11.0. The van der Waals surface area contributed by atoms with Crippen molar-refractivity contribution in [1.82, 2.24) is 5.16 Å². The summed E-state index contributed by atoms with van der Waals surface area (Å²) in [6.45, 7) is 0. The number of rotatable bonds is 4. The van der Waals surface area contributed by atoms with Crippen LogP contribution in [-0.2, 0) is 0 Å². The highest BCUT2D eigenvalue weighted by molar-refractivity contribution is 7.99. The average Bonchev–Trinajstić information content (AvgIpc) is 2.99. The Hall–Kier alpha value is -1.95. The van der Waals surface area contributed by atoms with Crippen molar-refractivity contribution in [3.63, 3.8) is 0 Å². The van der Waals surface area contributed by atoms with E-state index in [-0.39, 0.29) is 11.8 Å². The molecule has 110 valence electrons. The highest BCUT2D eigenvalue weighted by Gasteiger charge is 2.16.